The quantitative estimate of drug-likeness (QED) is 0.805. The molecular weight excluding hydrogens is 267 g/mol. The molecular formula is C17H23FN2O. The van der Waals surface area contributed by atoms with Crippen molar-refractivity contribution in [1.82, 2.24) is 10.2 Å². The summed E-state index contributed by atoms with van der Waals surface area (Å²) in [5, 5.41) is 3.30. The number of halogens is 1. The van der Waals surface area contributed by atoms with Crippen molar-refractivity contribution in [3.8, 4) is 0 Å². The molecule has 1 atom stereocenters. The zero-order chi connectivity index (χ0) is 15.1. The van der Waals surface area contributed by atoms with Gasteiger partial charge in [-0.15, -0.1) is 0 Å². The van der Waals surface area contributed by atoms with Crippen molar-refractivity contribution in [2.75, 3.05) is 20.1 Å². The Hall–Kier alpha value is -1.65. The molecule has 0 saturated heterocycles. The molecule has 0 saturated carbocycles. The summed E-state index contributed by atoms with van der Waals surface area (Å²) in [5.41, 5.74) is 1.12. The lowest BCUT2D eigenvalue weighted by Gasteiger charge is -2.23. The summed E-state index contributed by atoms with van der Waals surface area (Å²) in [4.78, 5) is 2.34. The number of furan rings is 1. The molecule has 3 nitrogen and oxygen atoms in total. The summed E-state index contributed by atoms with van der Waals surface area (Å²) in [6, 6.07) is 10.9. The van der Waals surface area contributed by atoms with Crippen LogP contribution in [0.2, 0.25) is 0 Å². The number of hydrogen-bond donors (Lipinski definition) is 1. The Labute approximate surface area is 125 Å². The first kappa shape index (κ1) is 15.7. The minimum absolute atomic E-state index is 0.193. The third kappa shape index (κ3) is 4.69. The van der Waals surface area contributed by atoms with Gasteiger partial charge in [-0.05, 0) is 49.8 Å². The molecule has 114 valence electrons. The smallest absolute Gasteiger partial charge is 0.123 e. The van der Waals surface area contributed by atoms with Crippen molar-refractivity contribution in [3.63, 3.8) is 0 Å². The lowest BCUT2D eigenvalue weighted by atomic mass is 10.0. The van der Waals surface area contributed by atoms with E-state index in [-0.39, 0.29) is 11.9 Å². The summed E-state index contributed by atoms with van der Waals surface area (Å²) >= 11 is 0. The van der Waals surface area contributed by atoms with Crippen molar-refractivity contribution in [1.29, 1.82) is 0 Å². The lowest BCUT2D eigenvalue weighted by molar-refractivity contribution is 0.242. The van der Waals surface area contributed by atoms with Crippen LogP contribution >= 0.6 is 0 Å². The van der Waals surface area contributed by atoms with E-state index in [1.807, 2.05) is 31.3 Å². The Kier molecular flexibility index (Phi) is 5.96. The van der Waals surface area contributed by atoms with Gasteiger partial charge in [0.1, 0.15) is 11.6 Å². The van der Waals surface area contributed by atoms with E-state index >= 15 is 0 Å². The number of benzene rings is 1. The molecule has 1 heterocycles. The predicted molar refractivity (Wildman–Crippen MR) is 82.5 cm³/mol. The van der Waals surface area contributed by atoms with Gasteiger partial charge in [0.05, 0.1) is 12.8 Å². The van der Waals surface area contributed by atoms with E-state index < -0.39 is 0 Å². The van der Waals surface area contributed by atoms with Crippen molar-refractivity contribution >= 4 is 0 Å². The highest BCUT2D eigenvalue weighted by Crippen LogP contribution is 2.18. The van der Waals surface area contributed by atoms with Crippen LogP contribution in [0.25, 0.3) is 0 Å². The van der Waals surface area contributed by atoms with Gasteiger partial charge in [-0.1, -0.05) is 19.1 Å². The van der Waals surface area contributed by atoms with Crippen LogP contribution in [0, 0.1) is 5.82 Å². The minimum atomic E-state index is -0.193. The molecule has 0 aliphatic rings. The van der Waals surface area contributed by atoms with Gasteiger partial charge in [-0.2, -0.15) is 0 Å². The fourth-order valence-corrected chi connectivity index (χ4v) is 2.46. The molecule has 0 aliphatic carbocycles. The fraction of sp³-hybridized carbons (Fsp3) is 0.412. The Bertz CT molecular complexity index is 510. The molecule has 0 aliphatic heterocycles. The minimum Gasteiger partial charge on any atom is -0.468 e. The Morgan fingerprint density at radius 3 is 2.57 bits per heavy atom. The molecule has 0 spiro atoms. The maximum absolute atomic E-state index is 13.0. The van der Waals surface area contributed by atoms with Crippen LogP contribution in [0.5, 0.6) is 0 Å². The van der Waals surface area contributed by atoms with Crippen LogP contribution in [0.1, 0.15) is 30.7 Å². The summed E-state index contributed by atoms with van der Waals surface area (Å²) in [7, 11) is 1.94. The molecule has 1 N–H and O–H groups in total. The van der Waals surface area contributed by atoms with E-state index in [1.54, 1.807) is 6.26 Å². The van der Waals surface area contributed by atoms with Crippen LogP contribution in [0.4, 0.5) is 4.39 Å². The summed E-state index contributed by atoms with van der Waals surface area (Å²) in [5.74, 6) is 0.793. The van der Waals surface area contributed by atoms with Gasteiger partial charge in [-0.3, -0.25) is 4.90 Å². The summed E-state index contributed by atoms with van der Waals surface area (Å²) < 4.78 is 18.4. The van der Waals surface area contributed by atoms with Crippen LogP contribution in [0.3, 0.4) is 0 Å². The van der Waals surface area contributed by atoms with Gasteiger partial charge in [0.2, 0.25) is 0 Å². The molecule has 4 heteroatoms. The van der Waals surface area contributed by atoms with Crippen molar-refractivity contribution in [3.05, 3.63) is 59.8 Å². The number of nitrogens with zero attached hydrogens (tertiary/aromatic N) is 1. The number of rotatable bonds is 8. The first-order valence-electron chi connectivity index (χ1n) is 7.40. The van der Waals surface area contributed by atoms with Crippen molar-refractivity contribution < 1.29 is 8.81 Å². The van der Waals surface area contributed by atoms with Crippen molar-refractivity contribution in [2.24, 2.45) is 0 Å². The highest BCUT2D eigenvalue weighted by Gasteiger charge is 2.12. The van der Waals surface area contributed by atoms with E-state index in [2.05, 4.69) is 17.1 Å². The molecule has 21 heavy (non-hydrogen) atoms. The van der Waals surface area contributed by atoms with Gasteiger partial charge < -0.3 is 9.73 Å². The van der Waals surface area contributed by atoms with Crippen LogP contribution < -0.4 is 5.32 Å². The standard InChI is InChI=1S/C17H23FN2O/c1-3-20(13-16-5-4-12-21-16)11-10-17(19-2)14-6-8-15(18)9-7-14/h4-9,12,17,19H,3,10-11,13H2,1-2H3. The van der Waals surface area contributed by atoms with E-state index in [0.29, 0.717) is 0 Å². The third-order valence-corrected chi connectivity index (χ3v) is 3.76. The highest BCUT2D eigenvalue weighted by atomic mass is 19.1. The summed E-state index contributed by atoms with van der Waals surface area (Å²) in [6.07, 6.45) is 2.68. The molecule has 0 amide bonds. The molecule has 2 rings (SSSR count). The first-order chi connectivity index (χ1) is 10.2. The van der Waals surface area contributed by atoms with Gasteiger partial charge in [0.25, 0.3) is 0 Å². The fourth-order valence-electron chi connectivity index (χ4n) is 2.46. The number of nitrogens with one attached hydrogen (secondary N) is 1. The maximum atomic E-state index is 13.0. The van der Waals surface area contributed by atoms with Gasteiger partial charge in [-0.25, -0.2) is 4.39 Å². The number of hydrogen-bond acceptors (Lipinski definition) is 3. The van der Waals surface area contributed by atoms with Crippen LogP contribution in [-0.2, 0) is 6.54 Å². The molecule has 0 bridgehead atoms. The second kappa shape index (κ2) is 7.96. The second-order valence-corrected chi connectivity index (χ2v) is 5.13. The SMILES string of the molecule is CCN(CCC(NC)c1ccc(F)cc1)Cc1ccco1. The molecule has 0 radical (unpaired) electrons. The van der Waals surface area contributed by atoms with E-state index in [4.69, 9.17) is 4.42 Å². The first-order valence-corrected chi connectivity index (χ1v) is 7.40. The van der Waals surface area contributed by atoms with Gasteiger partial charge in [0, 0.05) is 12.6 Å². The zero-order valence-corrected chi connectivity index (χ0v) is 12.7. The Morgan fingerprint density at radius 2 is 2.00 bits per heavy atom. The normalized spacial score (nSPS) is 12.8. The molecule has 2 aromatic rings. The van der Waals surface area contributed by atoms with Gasteiger partial charge in [0.15, 0.2) is 0 Å². The highest BCUT2D eigenvalue weighted by molar-refractivity contribution is 5.19. The molecule has 1 aromatic carbocycles. The predicted octanol–water partition coefficient (Wildman–Crippen LogP) is 3.59. The Morgan fingerprint density at radius 1 is 1.24 bits per heavy atom. The van der Waals surface area contributed by atoms with Crippen LogP contribution in [-0.4, -0.2) is 25.0 Å². The topological polar surface area (TPSA) is 28.4 Å². The third-order valence-electron chi connectivity index (χ3n) is 3.76. The summed E-state index contributed by atoms with van der Waals surface area (Å²) in [6.45, 7) is 4.90. The second-order valence-electron chi connectivity index (χ2n) is 5.13. The van der Waals surface area contributed by atoms with E-state index in [9.17, 15) is 4.39 Å². The monoisotopic (exact) mass is 290 g/mol. The largest absolute Gasteiger partial charge is 0.468 e. The molecule has 1 aromatic heterocycles. The average molecular weight is 290 g/mol. The van der Waals surface area contributed by atoms with E-state index in [0.717, 1.165) is 37.4 Å². The molecule has 0 fully saturated rings. The zero-order valence-electron chi connectivity index (χ0n) is 12.7. The molecule has 1 unspecified atom stereocenters. The Balaban J connectivity index is 1.90. The van der Waals surface area contributed by atoms with Crippen molar-refractivity contribution in [2.45, 2.75) is 25.9 Å². The maximum Gasteiger partial charge on any atom is 0.123 e. The van der Waals surface area contributed by atoms with Gasteiger partial charge >= 0.3 is 0 Å². The lowest BCUT2D eigenvalue weighted by Crippen LogP contribution is -2.28. The van der Waals surface area contributed by atoms with Crippen LogP contribution in [0.15, 0.2) is 47.1 Å². The average Bonchev–Trinajstić information content (AvgIpc) is 3.01. The van der Waals surface area contributed by atoms with E-state index in [1.165, 1.54) is 12.1 Å².